The summed E-state index contributed by atoms with van der Waals surface area (Å²) < 4.78 is 0. The second-order valence-electron chi connectivity index (χ2n) is 12.6. The summed E-state index contributed by atoms with van der Waals surface area (Å²) in [6, 6.07) is 15.1. The Bertz CT molecular complexity index is 1890. The number of hydrogen-bond donors (Lipinski definition) is 1. The number of carbonyl (C=O) groups excluding carboxylic acids is 4. The number of nitrogens with zero attached hydrogens (tertiary/aromatic N) is 2. The van der Waals surface area contributed by atoms with Crippen LogP contribution in [0.5, 0.6) is 0 Å². The highest BCUT2D eigenvalue weighted by atomic mass is 16.2. The van der Waals surface area contributed by atoms with Gasteiger partial charge in [0.2, 0.25) is 0 Å². The predicted molar refractivity (Wildman–Crippen MR) is 179 cm³/mol. The molecule has 5 aromatic carbocycles. The van der Waals surface area contributed by atoms with Crippen LogP contribution < -0.4 is 5.43 Å². The van der Waals surface area contributed by atoms with Crippen molar-refractivity contribution in [2.24, 2.45) is 0 Å². The van der Waals surface area contributed by atoms with Gasteiger partial charge in [-0.15, -0.1) is 0 Å². The maximum absolute atomic E-state index is 13.7. The first-order chi connectivity index (χ1) is 22.0. The number of benzene rings is 5. The van der Waals surface area contributed by atoms with Gasteiger partial charge in [-0.25, -0.2) is 10.4 Å². The summed E-state index contributed by atoms with van der Waals surface area (Å²) in [6.45, 7) is 5.32. The van der Waals surface area contributed by atoms with Crippen LogP contribution in [0.3, 0.4) is 0 Å². The molecule has 4 amide bonds. The van der Waals surface area contributed by atoms with Crippen LogP contribution in [0.1, 0.15) is 119 Å². The number of amides is 4. The van der Waals surface area contributed by atoms with Crippen molar-refractivity contribution in [3.05, 3.63) is 70.8 Å². The molecule has 230 valence electrons. The Kier molecular flexibility index (Phi) is 7.74. The Labute approximate surface area is 262 Å². The van der Waals surface area contributed by atoms with Gasteiger partial charge < -0.3 is 0 Å². The van der Waals surface area contributed by atoms with Crippen LogP contribution in [-0.4, -0.2) is 46.6 Å². The van der Waals surface area contributed by atoms with Crippen molar-refractivity contribution in [3.63, 3.8) is 0 Å². The highest BCUT2D eigenvalue weighted by Crippen LogP contribution is 2.46. The predicted octanol–water partition coefficient (Wildman–Crippen LogP) is 8.37. The molecule has 0 saturated heterocycles. The lowest BCUT2D eigenvalue weighted by atomic mass is 9.82. The number of nitrogens with one attached hydrogen (secondary N) is 1. The van der Waals surface area contributed by atoms with Crippen molar-refractivity contribution < 1.29 is 19.2 Å². The molecule has 0 saturated carbocycles. The van der Waals surface area contributed by atoms with Crippen molar-refractivity contribution in [2.45, 2.75) is 78.1 Å². The minimum absolute atomic E-state index is 0.239. The fourth-order valence-electron chi connectivity index (χ4n) is 7.46. The Morgan fingerprint density at radius 2 is 0.867 bits per heavy atom. The van der Waals surface area contributed by atoms with Gasteiger partial charge in [0, 0.05) is 35.0 Å². The highest BCUT2D eigenvalue weighted by Gasteiger charge is 2.36. The molecule has 0 bridgehead atoms. The van der Waals surface area contributed by atoms with Gasteiger partial charge in [-0.3, -0.25) is 24.1 Å². The molecule has 0 atom stereocenters. The van der Waals surface area contributed by atoms with E-state index >= 15 is 0 Å². The van der Waals surface area contributed by atoms with Gasteiger partial charge in [0.05, 0.1) is 11.1 Å². The van der Waals surface area contributed by atoms with E-state index in [4.69, 9.17) is 0 Å². The topological polar surface area (TPSA) is 86.8 Å². The molecule has 5 aromatic rings. The van der Waals surface area contributed by atoms with Crippen molar-refractivity contribution in [1.29, 1.82) is 0 Å². The number of hydrogen-bond acceptors (Lipinski definition) is 5. The van der Waals surface area contributed by atoms with Gasteiger partial charge in [0.25, 0.3) is 23.6 Å². The van der Waals surface area contributed by atoms with Crippen molar-refractivity contribution >= 4 is 66.7 Å². The third-order valence-corrected chi connectivity index (χ3v) is 9.76. The maximum Gasteiger partial charge on any atom is 0.275 e. The summed E-state index contributed by atoms with van der Waals surface area (Å²) in [5.41, 5.74) is 5.19. The van der Waals surface area contributed by atoms with Gasteiger partial charge in [-0.2, -0.15) is 0 Å². The standard InChI is InChI=1S/C38H39N3O4/c1-3-5-7-9-11-21-39-41-37(44)29-19-15-25-23-13-17-27-33-28(36(43)40(35(27)42)22-12-10-8-6-4-2)18-14-24(31(23)33)26-16-20-30(38(41)45)34(29)32(25)26/h13-20,39H,3-12,21-22H2,1-2H3. The van der Waals surface area contributed by atoms with Crippen LogP contribution in [0.15, 0.2) is 48.5 Å². The van der Waals surface area contributed by atoms with E-state index in [9.17, 15) is 19.2 Å². The first-order valence-electron chi connectivity index (χ1n) is 16.7. The Morgan fingerprint density at radius 3 is 1.31 bits per heavy atom. The first-order valence-corrected chi connectivity index (χ1v) is 16.7. The minimum atomic E-state index is -0.341. The summed E-state index contributed by atoms with van der Waals surface area (Å²) >= 11 is 0. The summed E-state index contributed by atoms with van der Waals surface area (Å²) in [5, 5.41) is 7.90. The second kappa shape index (κ2) is 11.9. The van der Waals surface area contributed by atoms with Crippen LogP contribution in [0.25, 0.3) is 43.1 Å². The summed E-state index contributed by atoms with van der Waals surface area (Å²) in [4.78, 5) is 56.2. The summed E-state index contributed by atoms with van der Waals surface area (Å²) in [5.74, 6) is -1.16. The molecule has 1 N–H and O–H groups in total. The molecule has 7 nitrogen and oxygen atoms in total. The Morgan fingerprint density at radius 1 is 0.467 bits per heavy atom. The zero-order valence-corrected chi connectivity index (χ0v) is 26.1. The van der Waals surface area contributed by atoms with E-state index in [2.05, 4.69) is 19.3 Å². The monoisotopic (exact) mass is 601 g/mol. The molecule has 0 radical (unpaired) electrons. The molecule has 2 heterocycles. The molecule has 2 aliphatic heterocycles. The van der Waals surface area contributed by atoms with Crippen LogP contribution in [0.4, 0.5) is 0 Å². The fraction of sp³-hybridized carbons (Fsp3) is 0.368. The molecule has 45 heavy (non-hydrogen) atoms. The SMILES string of the molecule is CCCCCCCNN1C(=O)c2ccc3c4ccc5c6c(ccc(c7ccc(c2c37)C1=O)c64)C(=O)N(CCCCCCC)C5=O. The summed E-state index contributed by atoms with van der Waals surface area (Å²) in [7, 11) is 0. The molecule has 0 fully saturated rings. The quantitative estimate of drug-likeness (QED) is 0.0634. The third-order valence-electron chi connectivity index (χ3n) is 9.76. The molecular formula is C38H39N3O4. The number of hydrazine groups is 1. The van der Waals surface area contributed by atoms with E-state index in [1.165, 1.54) is 16.3 Å². The number of imide groups is 2. The molecule has 7 heteroatoms. The second-order valence-corrected chi connectivity index (χ2v) is 12.6. The van der Waals surface area contributed by atoms with E-state index in [1.807, 2.05) is 48.5 Å². The van der Waals surface area contributed by atoms with Crippen molar-refractivity contribution in [1.82, 2.24) is 15.3 Å². The molecule has 0 unspecified atom stereocenters. The third kappa shape index (κ3) is 4.59. The lowest BCUT2D eigenvalue weighted by molar-refractivity contribution is 0.0517. The average molecular weight is 602 g/mol. The molecular weight excluding hydrogens is 562 g/mol. The lowest BCUT2D eigenvalue weighted by Gasteiger charge is -2.30. The van der Waals surface area contributed by atoms with Gasteiger partial charge in [0.1, 0.15) is 0 Å². The van der Waals surface area contributed by atoms with E-state index in [0.717, 1.165) is 90.1 Å². The normalized spacial score (nSPS) is 14.8. The van der Waals surface area contributed by atoms with Crippen LogP contribution in [0, 0.1) is 0 Å². The van der Waals surface area contributed by atoms with Crippen LogP contribution in [-0.2, 0) is 0 Å². The van der Waals surface area contributed by atoms with Crippen LogP contribution >= 0.6 is 0 Å². The van der Waals surface area contributed by atoms with E-state index in [-0.39, 0.29) is 23.6 Å². The molecule has 7 rings (SSSR count). The molecule has 2 aliphatic rings. The largest absolute Gasteiger partial charge is 0.275 e. The van der Waals surface area contributed by atoms with Crippen LogP contribution in [0.2, 0.25) is 0 Å². The zero-order chi connectivity index (χ0) is 31.2. The van der Waals surface area contributed by atoms with Gasteiger partial charge >= 0.3 is 0 Å². The maximum atomic E-state index is 13.7. The summed E-state index contributed by atoms with van der Waals surface area (Å²) in [6.07, 6.45) is 10.6. The molecule has 0 aliphatic carbocycles. The van der Waals surface area contributed by atoms with Crippen molar-refractivity contribution in [2.75, 3.05) is 13.1 Å². The number of carbonyl (C=O) groups is 4. The smallest absolute Gasteiger partial charge is 0.274 e. The van der Waals surface area contributed by atoms with Crippen molar-refractivity contribution in [3.8, 4) is 0 Å². The Hall–Kier alpha value is -4.36. The van der Waals surface area contributed by atoms with Gasteiger partial charge in [0.15, 0.2) is 0 Å². The highest BCUT2D eigenvalue weighted by molar-refractivity contribution is 6.41. The number of unbranched alkanes of at least 4 members (excludes halogenated alkanes) is 8. The number of rotatable bonds is 13. The van der Waals surface area contributed by atoms with E-state index < -0.39 is 0 Å². The van der Waals surface area contributed by atoms with Gasteiger partial charge in [-0.05, 0) is 69.4 Å². The number of fused-ring (bicyclic) bond motifs is 2. The van der Waals surface area contributed by atoms with E-state index in [1.54, 1.807) is 0 Å². The lowest BCUT2D eigenvalue weighted by Crippen LogP contribution is -2.49. The fourth-order valence-corrected chi connectivity index (χ4v) is 7.46. The Balaban J connectivity index is 1.30. The zero-order valence-electron chi connectivity index (χ0n) is 26.1. The first kappa shape index (κ1) is 29.4. The minimum Gasteiger partial charge on any atom is -0.274 e. The van der Waals surface area contributed by atoms with E-state index in [0.29, 0.717) is 46.1 Å². The average Bonchev–Trinajstić information content (AvgIpc) is 3.05. The molecule has 0 spiro atoms. The van der Waals surface area contributed by atoms with Gasteiger partial charge in [-0.1, -0.05) is 89.5 Å². The molecule has 0 aromatic heterocycles.